The van der Waals surface area contributed by atoms with Gasteiger partial charge in [-0.25, -0.2) is 14.6 Å². The number of phosphoric acid groups is 1. The fourth-order valence-corrected chi connectivity index (χ4v) is 8.72. The quantitative estimate of drug-likeness (QED) is 0.0591. The lowest BCUT2D eigenvalue weighted by atomic mass is 9.96. The zero-order chi connectivity index (χ0) is 41.2. The van der Waals surface area contributed by atoms with E-state index in [-0.39, 0.29) is 25.7 Å². The lowest BCUT2D eigenvalue weighted by Crippen LogP contribution is -2.47. The summed E-state index contributed by atoms with van der Waals surface area (Å²) in [7, 11) is -4.55. The number of hydrazone groups is 1. The third-order valence-electron chi connectivity index (χ3n) is 11.0. The highest BCUT2D eigenvalue weighted by atomic mass is 31.2. The topological polar surface area (TPSA) is 147 Å². The summed E-state index contributed by atoms with van der Waals surface area (Å²) in [5, 5.41) is 5.88. The Balaban J connectivity index is 1.19. The van der Waals surface area contributed by atoms with Crippen molar-refractivity contribution >= 4 is 20.0 Å². The molecule has 2 saturated heterocycles. The smallest absolute Gasteiger partial charge is 0.472 e. The van der Waals surface area contributed by atoms with Crippen LogP contribution in [0, 0.1) is 6.92 Å². The Morgan fingerprint density at radius 3 is 2.18 bits per heavy atom. The number of fused-ring (bicyclic) bond motifs is 1. The summed E-state index contributed by atoms with van der Waals surface area (Å²) in [5.41, 5.74) is 6.95. The second-order valence-corrected chi connectivity index (χ2v) is 17.9. The van der Waals surface area contributed by atoms with Crippen molar-refractivity contribution in [3.05, 3.63) is 53.9 Å². The van der Waals surface area contributed by atoms with Gasteiger partial charge in [0.15, 0.2) is 11.6 Å². The van der Waals surface area contributed by atoms with Crippen molar-refractivity contribution in [2.45, 2.75) is 186 Å². The van der Waals surface area contributed by atoms with Gasteiger partial charge in [0, 0.05) is 0 Å². The zero-order valence-corrected chi connectivity index (χ0v) is 36.5. The molecule has 2 fully saturated rings. The predicted octanol–water partition coefficient (Wildman–Crippen LogP) is 10.6. The van der Waals surface area contributed by atoms with Crippen LogP contribution in [-0.4, -0.2) is 71.6 Å². The molecule has 12 nitrogen and oxygen atoms in total. The number of hydrogen-bond donors (Lipinski definition) is 2. The van der Waals surface area contributed by atoms with E-state index in [4.69, 9.17) is 33.7 Å². The summed E-state index contributed by atoms with van der Waals surface area (Å²) in [6, 6.07) is 7.79. The third kappa shape index (κ3) is 15.5. The van der Waals surface area contributed by atoms with Crippen LogP contribution in [0.2, 0.25) is 0 Å². The molecule has 0 bridgehead atoms. The van der Waals surface area contributed by atoms with E-state index in [1.807, 2.05) is 38.1 Å². The molecular formula is C44H73N4O8P. The number of aryl methyl sites for hydroxylation is 1. The second kappa shape index (κ2) is 23.9. The maximum atomic E-state index is 13.4. The van der Waals surface area contributed by atoms with Crippen LogP contribution in [0.25, 0.3) is 0 Å². The van der Waals surface area contributed by atoms with E-state index in [2.05, 4.69) is 23.6 Å². The fraction of sp³-hybridized carbons (Fsp3) is 0.727. The number of amidine groups is 1. The molecule has 0 saturated carbocycles. The molecule has 1 aromatic rings. The van der Waals surface area contributed by atoms with Crippen LogP contribution >= 0.6 is 7.82 Å². The molecular weight excluding hydrogens is 743 g/mol. The average Bonchev–Trinajstić information content (AvgIpc) is 3.65. The molecule has 322 valence electrons. The van der Waals surface area contributed by atoms with Gasteiger partial charge in [-0.3, -0.25) is 9.05 Å². The maximum absolute atomic E-state index is 13.4. The number of phosphoric ester groups is 1. The molecule has 1 unspecified atom stereocenters. The van der Waals surface area contributed by atoms with E-state index in [1.54, 1.807) is 24.9 Å². The summed E-state index contributed by atoms with van der Waals surface area (Å²) >= 11 is 0. The molecule has 5 atom stereocenters. The monoisotopic (exact) mass is 817 g/mol. The summed E-state index contributed by atoms with van der Waals surface area (Å²) in [6.45, 7) is 13.5. The second-order valence-electron chi connectivity index (χ2n) is 16.5. The number of hydrogen-bond acceptors (Lipinski definition) is 11. The molecule has 4 rings (SSSR count). The molecule has 57 heavy (non-hydrogen) atoms. The molecule has 13 heteroatoms. The van der Waals surface area contributed by atoms with E-state index >= 15 is 0 Å². The first kappa shape index (κ1) is 47.1. The van der Waals surface area contributed by atoms with E-state index in [0.29, 0.717) is 23.6 Å². The Kier molecular flexibility index (Phi) is 19.7. The van der Waals surface area contributed by atoms with E-state index in [1.165, 1.54) is 103 Å². The van der Waals surface area contributed by atoms with Crippen molar-refractivity contribution in [1.82, 2.24) is 5.01 Å². The first-order valence-corrected chi connectivity index (χ1v) is 23.2. The van der Waals surface area contributed by atoms with Crippen LogP contribution in [0.1, 0.15) is 155 Å². The van der Waals surface area contributed by atoms with Gasteiger partial charge in [-0.2, -0.15) is 5.10 Å². The van der Waals surface area contributed by atoms with Crippen LogP contribution < -0.4 is 10.5 Å². The molecule has 0 aromatic heterocycles. The third-order valence-corrected chi connectivity index (χ3v) is 11.9. The molecule has 0 amide bonds. The minimum absolute atomic E-state index is 0.0233. The van der Waals surface area contributed by atoms with Gasteiger partial charge in [0.1, 0.15) is 41.7 Å². The lowest BCUT2D eigenvalue weighted by Gasteiger charge is -2.31. The minimum atomic E-state index is -4.55. The van der Waals surface area contributed by atoms with Crippen LogP contribution in [-0.2, 0) is 27.8 Å². The summed E-state index contributed by atoms with van der Waals surface area (Å²) in [5.74, 6) is -0.0413. The number of unbranched alkanes of at least 4 members (excludes halogenated alkanes) is 17. The average molecular weight is 817 g/mol. The van der Waals surface area contributed by atoms with Gasteiger partial charge >= 0.3 is 7.82 Å². The van der Waals surface area contributed by atoms with Crippen LogP contribution in [0.4, 0.5) is 0 Å². The van der Waals surface area contributed by atoms with E-state index in [0.717, 1.165) is 24.8 Å². The van der Waals surface area contributed by atoms with Crippen molar-refractivity contribution in [3.63, 3.8) is 0 Å². The lowest BCUT2D eigenvalue weighted by molar-refractivity contribution is -0.193. The van der Waals surface area contributed by atoms with Crippen molar-refractivity contribution in [2.24, 2.45) is 15.8 Å². The standard InChI is InChI=1S/C44H73N4O8P/c1-7-9-10-11-12-13-14-15-16-17-18-19-20-21-22-23-24-25-28-38(54-37-29-26-27-35(3)30-37)31-52-57(49,50)53-33-44-32-51-40(41(44)55-43(5,6)56-44)36(4)48-39(8-2)42(45)46-34-47-48/h8,26-27,29-30,34,38,40-41H,4,7,9-25,28,31-33H2,1-3,5-6H3,(H,49,50)(H2,45,46,47)/b39-8-/t38-,40+,41+,44-/m1/s1. The van der Waals surface area contributed by atoms with Crippen molar-refractivity contribution < 1.29 is 37.5 Å². The number of aliphatic imine (C=N–C) groups is 1. The van der Waals surface area contributed by atoms with Gasteiger partial charge in [0.2, 0.25) is 0 Å². The maximum Gasteiger partial charge on any atom is 0.472 e. The van der Waals surface area contributed by atoms with Crippen LogP contribution in [0.15, 0.2) is 58.4 Å². The fourth-order valence-electron chi connectivity index (χ4n) is 7.91. The molecule has 3 aliphatic rings. The van der Waals surface area contributed by atoms with Gasteiger partial charge in [-0.15, -0.1) is 0 Å². The largest absolute Gasteiger partial charge is 0.488 e. The predicted molar refractivity (Wildman–Crippen MR) is 228 cm³/mol. The highest BCUT2D eigenvalue weighted by Crippen LogP contribution is 2.50. The number of nitrogens with two attached hydrogens (primary N) is 1. The zero-order valence-electron chi connectivity index (χ0n) is 35.6. The molecule has 0 spiro atoms. The summed E-state index contributed by atoms with van der Waals surface area (Å²) in [4.78, 5) is 15.0. The Labute approximate surface area is 343 Å². The molecule has 3 N–H and O–H groups in total. The number of nitrogens with zero attached hydrogens (tertiary/aromatic N) is 3. The Hall–Kier alpha value is -2.57. The van der Waals surface area contributed by atoms with Gasteiger partial charge in [-0.1, -0.05) is 141 Å². The summed E-state index contributed by atoms with van der Waals surface area (Å²) < 4.78 is 49.6. The highest BCUT2D eigenvalue weighted by Gasteiger charge is 2.63. The summed E-state index contributed by atoms with van der Waals surface area (Å²) in [6.07, 6.45) is 25.5. The normalized spacial score (nSPS) is 23.7. The molecule has 0 radical (unpaired) electrons. The number of rotatable bonds is 29. The van der Waals surface area contributed by atoms with Crippen molar-refractivity contribution in [2.75, 3.05) is 19.8 Å². The van der Waals surface area contributed by atoms with Gasteiger partial charge in [-0.05, 0) is 58.2 Å². The first-order valence-electron chi connectivity index (χ1n) is 21.7. The van der Waals surface area contributed by atoms with Crippen molar-refractivity contribution in [3.8, 4) is 5.75 Å². The van der Waals surface area contributed by atoms with Crippen LogP contribution in [0.5, 0.6) is 5.75 Å². The van der Waals surface area contributed by atoms with Gasteiger partial charge < -0.3 is 29.6 Å². The Morgan fingerprint density at radius 1 is 1.00 bits per heavy atom. The van der Waals surface area contributed by atoms with Gasteiger partial charge in [0.25, 0.3) is 0 Å². The number of allylic oxidation sites excluding steroid dienone is 1. The molecule has 1 aromatic carbocycles. The highest BCUT2D eigenvalue weighted by molar-refractivity contribution is 7.47. The Morgan fingerprint density at radius 2 is 1.60 bits per heavy atom. The number of benzene rings is 1. The SMILES string of the molecule is C=C([C@@H]1OC[C@]2(COP(=O)(O)OC[C@@H](CCCCCCCCCCCCCCCCCCCC)Oc3cccc(C)c3)OC(C)(C)O[C@@H]12)N1N=CN=C(N)/C1=C/C. The molecule has 0 aliphatic carbocycles. The van der Waals surface area contributed by atoms with E-state index in [9.17, 15) is 9.46 Å². The minimum Gasteiger partial charge on any atom is -0.488 e. The molecule has 3 heterocycles. The Bertz CT molecular complexity index is 1520. The first-order chi connectivity index (χ1) is 27.4. The number of ether oxygens (including phenoxy) is 4. The molecule has 3 aliphatic heterocycles. The van der Waals surface area contributed by atoms with E-state index < -0.39 is 37.5 Å². The van der Waals surface area contributed by atoms with Gasteiger partial charge in [0.05, 0.1) is 25.5 Å². The van der Waals surface area contributed by atoms with Crippen LogP contribution in [0.3, 0.4) is 0 Å². The van der Waals surface area contributed by atoms with Crippen molar-refractivity contribution in [1.29, 1.82) is 0 Å².